The molecule has 4 aromatic carbocycles. The Morgan fingerprint density at radius 2 is 1.05 bits per heavy atom. The predicted molar refractivity (Wildman–Crippen MR) is 161 cm³/mol. The number of aromatic nitrogens is 2. The van der Waals surface area contributed by atoms with Gasteiger partial charge >= 0.3 is 0 Å². The van der Waals surface area contributed by atoms with E-state index in [1.165, 1.54) is 31.3 Å². The molecule has 182 valence electrons. The van der Waals surface area contributed by atoms with Gasteiger partial charge in [0.2, 0.25) is 0 Å². The minimum Gasteiger partial charge on any atom is -0.264 e. The molecule has 7 aromatic rings. The normalized spacial score (nSPS) is 11.1. The number of nitrogens with zero attached hydrogens (tertiary/aromatic N) is 3. The SMILES string of the molecule is N#Cc1ccc(-c2cccc3c2sc2c(-c4cc(-c5cccnc5)cc(-c5cccnc5)c4)cccc23)cc1. The van der Waals surface area contributed by atoms with Gasteiger partial charge in [-0.25, -0.2) is 0 Å². The van der Waals surface area contributed by atoms with Gasteiger partial charge in [0.1, 0.15) is 0 Å². The number of rotatable bonds is 4. The molecule has 7 rings (SSSR count). The Morgan fingerprint density at radius 3 is 1.56 bits per heavy atom. The van der Waals surface area contributed by atoms with Crippen molar-refractivity contribution in [3.05, 3.63) is 133 Å². The molecular weight excluding hydrogens is 494 g/mol. The molecule has 0 N–H and O–H groups in total. The molecule has 0 unspecified atom stereocenters. The van der Waals surface area contributed by atoms with Crippen LogP contribution in [0.3, 0.4) is 0 Å². The van der Waals surface area contributed by atoms with Crippen LogP contribution < -0.4 is 0 Å². The third kappa shape index (κ3) is 4.16. The molecule has 0 saturated heterocycles. The highest BCUT2D eigenvalue weighted by Gasteiger charge is 2.15. The number of thiophene rings is 1. The summed E-state index contributed by atoms with van der Waals surface area (Å²) in [6, 6.07) is 38.0. The van der Waals surface area contributed by atoms with E-state index in [1.54, 1.807) is 12.4 Å². The van der Waals surface area contributed by atoms with Gasteiger partial charge in [-0.05, 0) is 75.8 Å². The van der Waals surface area contributed by atoms with Gasteiger partial charge in [-0.1, -0.05) is 60.7 Å². The lowest BCUT2D eigenvalue weighted by Crippen LogP contribution is -1.87. The lowest BCUT2D eigenvalue weighted by Gasteiger charge is -2.11. The van der Waals surface area contributed by atoms with Gasteiger partial charge < -0.3 is 0 Å². The molecule has 0 bridgehead atoms. The summed E-state index contributed by atoms with van der Waals surface area (Å²) in [6.45, 7) is 0. The third-order valence-corrected chi connectivity index (χ3v) is 8.37. The number of benzene rings is 4. The van der Waals surface area contributed by atoms with Crippen LogP contribution in [0.15, 0.2) is 128 Å². The Labute approximate surface area is 230 Å². The maximum Gasteiger partial charge on any atom is 0.0991 e. The van der Waals surface area contributed by atoms with Gasteiger partial charge in [0, 0.05) is 56.1 Å². The summed E-state index contributed by atoms with van der Waals surface area (Å²) in [5.74, 6) is 0. The van der Waals surface area contributed by atoms with Crippen LogP contribution in [0.1, 0.15) is 5.56 Å². The van der Waals surface area contributed by atoms with Crippen LogP contribution in [-0.2, 0) is 0 Å². The fourth-order valence-electron chi connectivity index (χ4n) is 5.18. The Hall–Kier alpha value is -5.11. The van der Waals surface area contributed by atoms with Crippen LogP contribution in [0.2, 0.25) is 0 Å². The second-order valence-corrected chi connectivity index (χ2v) is 10.5. The zero-order chi connectivity index (χ0) is 26.2. The molecule has 0 radical (unpaired) electrons. The van der Waals surface area contributed by atoms with Crippen LogP contribution in [0, 0.1) is 11.3 Å². The number of nitriles is 1. The van der Waals surface area contributed by atoms with Gasteiger partial charge in [-0.15, -0.1) is 11.3 Å². The van der Waals surface area contributed by atoms with Crippen molar-refractivity contribution in [1.82, 2.24) is 9.97 Å². The van der Waals surface area contributed by atoms with Crippen molar-refractivity contribution in [3.63, 3.8) is 0 Å². The molecule has 3 aromatic heterocycles. The number of hydrogen-bond donors (Lipinski definition) is 0. The number of hydrogen-bond acceptors (Lipinski definition) is 4. The smallest absolute Gasteiger partial charge is 0.0991 e. The zero-order valence-corrected chi connectivity index (χ0v) is 21.7. The first-order valence-corrected chi connectivity index (χ1v) is 13.5. The van der Waals surface area contributed by atoms with Crippen molar-refractivity contribution < 1.29 is 0 Å². The highest BCUT2D eigenvalue weighted by Crippen LogP contribution is 2.44. The standard InChI is InChI=1S/C35H21N3S/c36-20-23-11-13-24(14-12-23)30-7-1-9-32-33-10-2-8-31(35(33)39-34(30)32)29-18-27(25-5-3-15-37-21-25)17-28(19-29)26-6-4-16-38-22-26/h1-19,21-22H. The first-order chi connectivity index (χ1) is 19.3. The minimum atomic E-state index is 0.669. The van der Waals surface area contributed by atoms with Crippen LogP contribution >= 0.6 is 11.3 Å². The van der Waals surface area contributed by atoms with Crippen molar-refractivity contribution >= 4 is 31.5 Å². The first-order valence-electron chi connectivity index (χ1n) is 12.7. The monoisotopic (exact) mass is 515 g/mol. The van der Waals surface area contributed by atoms with E-state index in [1.807, 2.05) is 60.1 Å². The van der Waals surface area contributed by atoms with Gasteiger partial charge in [-0.3, -0.25) is 9.97 Å². The minimum absolute atomic E-state index is 0.669. The Kier molecular flexibility index (Phi) is 5.70. The molecule has 3 nitrogen and oxygen atoms in total. The molecule has 0 saturated carbocycles. The fraction of sp³-hybridized carbons (Fsp3) is 0. The Morgan fingerprint density at radius 1 is 0.513 bits per heavy atom. The van der Waals surface area contributed by atoms with Crippen molar-refractivity contribution in [1.29, 1.82) is 5.26 Å². The molecule has 0 aliphatic rings. The summed E-state index contributed by atoms with van der Waals surface area (Å²) >= 11 is 1.83. The van der Waals surface area contributed by atoms with Gasteiger partial charge in [0.15, 0.2) is 0 Å². The topological polar surface area (TPSA) is 49.6 Å². The van der Waals surface area contributed by atoms with Crippen molar-refractivity contribution in [2.75, 3.05) is 0 Å². The van der Waals surface area contributed by atoms with Gasteiger partial charge in [0.25, 0.3) is 0 Å². The van der Waals surface area contributed by atoms with Crippen molar-refractivity contribution in [2.45, 2.75) is 0 Å². The van der Waals surface area contributed by atoms with E-state index >= 15 is 0 Å². The zero-order valence-electron chi connectivity index (χ0n) is 20.9. The van der Waals surface area contributed by atoms with Crippen molar-refractivity contribution in [2.24, 2.45) is 0 Å². The largest absolute Gasteiger partial charge is 0.264 e. The molecule has 0 fully saturated rings. The molecular formula is C35H21N3S. The average Bonchev–Trinajstić information content (AvgIpc) is 3.41. The molecule has 0 aliphatic heterocycles. The molecule has 4 heteroatoms. The van der Waals surface area contributed by atoms with Crippen LogP contribution in [0.4, 0.5) is 0 Å². The van der Waals surface area contributed by atoms with Crippen LogP contribution in [-0.4, -0.2) is 9.97 Å². The highest BCUT2D eigenvalue weighted by molar-refractivity contribution is 7.26. The molecule has 3 heterocycles. The van der Waals surface area contributed by atoms with E-state index < -0.39 is 0 Å². The molecule has 0 amide bonds. The highest BCUT2D eigenvalue weighted by atomic mass is 32.1. The van der Waals surface area contributed by atoms with Crippen LogP contribution in [0.5, 0.6) is 0 Å². The maximum absolute atomic E-state index is 9.23. The molecule has 0 aliphatic carbocycles. The summed E-state index contributed by atoms with van der Waals surface area (Å²) in [5, 5.41) is 11.7. The quantitative estimate of drug-likeness (QED) is 0.235. The maximum atomic E-state index is 9.23. The fourth-order valence-corrected chi connectivity index (χ4v) is 6.55. The van der Waals surface area contributed by atoms with Crippen LogP contribution in [0.25, 0.3) is 64.7 Å². The Bertz CT molecular complexity index is 1940. The lowest BCUT2D eigenvalue weighted by molar-refractivity contribution is 1.32. The van der Waals surface area contributed by atoms with Gasteiger partial charge in [0.05, 0.1) is 11.6 Å². The molecule has 39 heavy (non-hydrogen) atoms. The summed E-state index contributed by atoms with van der Waals surface area (Å²) in [4.78, 5) is 8.73. The van der Waals surface area contributed by atoms with Gasteiger partial charge in [-0.2, -0.15) is 5.26 Å². The van der Waals surface area contributed by atoms with E-state index in [-0.39, 0.29) is 0 Å². The van der Waals surface area contributed by atoms with E-state index in [0.29, 0.717) is 5.56 Å². The summed E-state index contributed by atoms with van der Waals surface area (Å²) in [7, 11) is 0. The first kappa shape index (κ1) is 23.0. The summed E-state index contributed by atoms with van der Waals surface area (Å²) in [6.07, 6.45) is 7.43. The Balaban J connectivity index is 1.46. The van der Waals surface area contributed by atoms with E-state index in [4.69, 9.17) is 0 Å². The molecule has 0 spiro atoms. The summed E-state index contributed by atoms with van der Waals surface area (Å²) < 4.78 is 2.51. The second-order valence-electron chi connectivity index (χ2n) is 9.44. The van der Waals surface area contributed by atoms with E-state index in [9.17, 15) is 5.26 Å². The predicted octanol–water partition coefficient (Wildman–Crippen LogP) is 9.38. The number of pyridine rings is 2. The van der Waals surface area contributed by atoms with E-state index in [2.05, 4.69) is 82.8 Å². The third-order valence-electron chi connectivity index (χ3n) is 7.08. The number of fused-ring (bicyclic) bond motifs is 3. The van der Waals surface area contributed by atoms with Crippen molar-refractivity contribution in [3.8, 4) is 50.6 Å². The summed E-state index contributed by atoms with van der Waals surface area (Å²) in [5.41, 5.74) is 9.73. The lowest BCUT2D eigenvalue weighted by atomic mass is 9.93. The molecule has 0 atom stereocenters. The average molecular weight is 516 g/mol. The second kappa shape index (κ2) is 9.64. The van der Waals surface area contributed by atoms with E-state index in [0.717, 1.165) is 33.4 Å².